The third kappa shape index (κ3) is 3.45. The van der Waals surface area contributed by atoms with E-state index >= 15 is 0 Å². The fraction of sp³-hybridized carbons (Fsp3) is 0.467. The van der Waals surface area contributed by atoms with Crippen LogP contribution in [0.3, 0.4) is 0 Å². The van der Waals surface area contributed by atoms with E-state index in [9.17, 15) is 18.0 Å². The Morgan fingerprint density at radius 1 is 1.21 bits per heavy atom. The molecule has 0 spiro atoms. The highest BCUT2D eigenvalue weighted by Gasteiger charge is 2.36. The molecule has 0 bridgehead atoms. The predicted octanol–water partition coefficient (Wildman–Crippen LogP) is 1.27. The van der Waals surface area contributed by atoms with Crippen molar-refractivity contribution in [3.63, 3.8) is 0 Å². The highest BCUT2D eigenvalue weighted by Crippen LogP contribution is 2.37. The van der Waals surface area contributed by atoms with Crippen molar-refractivity contribution in [3.05, 3.63) is 29.3 Å². The average Bonchev–Trinajstić information content (AvgIpc) is 2.55. The molecule has 1 N–H and O–H groups in total. The number of nitrogens with one attached hydrogen (secondary N) is 1. The number of anilines is 1. The quantitative estimate of drug-likeness (QED) is 0.879. The summed E-state index contributed by atoms with van der Waals surface area (Å²) in [6.45, 7) is 2.22. The minimum atomic E-state index is -4.49. The maximum absolute atomic E-state index is 13.5. The number of hydrazone groups is 1. The summed E-state index contributed by atoms with van der Waals surface area (Å²) in [5.74, 6) is -0.464. The normalized spacial score (nSPS) is 19.6. The molecule has 1 amide bonds. The third-order valence-corrected chi connectivity index (χ3v) is 4.01. The van der Waals surface area contributed by atoms with E-state index in [-0.39, 0.29) is 23.8 Å². The topological polar surface area (TPSA) is 57.2 Å². The molecule has 6 nitrogen and oxygen atoms in total. The van der Waals surface area contributed by atoms with Gasteiger partial charge in [-0.05, 0) is 25.2 Å². The minimum absolute atomic E-state index is 0.0231. The van der Waals surface area contributed by atoms with E-state index in [0.717, 1.165) is 6.07 Å². The van der Waals surface area contributed by atoms with Gasteiger partial charge in [-0.15, -0.1) is 5.10 Å². The Bertz CT molecular complexity index is 667. The Kier molecular flexibility index (Phi) is 4.35. The molecule has 1 aromatic rings. The van der Waals surface area contributed by atoms with E-state index in [2.05, 4.69) is 15.4 Å². The number of carbonyl (C=O) groups excluding carboxylic acids is 1. The van der Waals surface area contributed by atoms with E-state index in [4.69, 9.17) is 4.74 Å². The maximum atomic E-state index is 13.5. The number of hydrogen-bond acceptors (Lipinski definition) is 5. The minimum Gasteiger partial charge on any atom is -0.466 e. The molecule has 9 heteroatoms. The Morgan fingerprint density at radius 2 is 1.92 bits per heavy atom. The van der Waals surface area contributed by atoms with Gasteiger partial charge in [-0.2, -0.15) is 13.2 Å². The Hall–Kier alpha value is -2.29. The largest absolute Gasteiger partial charge is 0.466 e. The zero-order valence-corrected chi connectivity index (χ0v) is 13.1. The summed E-state index contributed by atoms with van der Waals surface area (Å²) in [6, 6.07) is 3.98. The van der Waals surface area contributed by atoms with Gasteiger partial charge in [-0.1, -0.05) is 0 Å². The first-order valence-electron chi connectivity index (χ1n) is 7.49. The molecule has 0 aromatic heterocycles. The molecule has 24 heavy (non-hydrogen) atoms. The lowest BCUT2D eigenvalue weighted by atomic mass is 10.1. The predicted molar refractivity (Wildman–Crippen MR) is 81.8 cm³/mol. The molecule has 130 valence electrons. The second kappa shape index (κ2) is 6.31. The number of alkyl halides is 3. The molecular weight excluding hydrogens is 325 g/mol. The number of benzene rings is 1. The van der Waals surface area contributed by atoms with Gasteiger partial charge < -0.3 is 14.5 Å². The van der Waals surface area contributed by atoms with E-state index in [1.54, 1.807) is 4.90 Å². The highest BCUT2D eigenvalue weighted by atomic mass is 19.4. The van der Waals surface area contributed by atoms with Crippen LogP contribution in [-0.2, 0) is 15.7 Å². The van der Waals surface area contributed by atoms with E-state index in [1.165, 1.54) is 12.1 Å². The number of rotatable bonds is 2. The fourth-order valence-corrected chi connectivity index (χ4v) is 2.68. The molecule has 0 atom stereocenters. The average molecular weight is 342 g/mol. The van der Waals surface area contributed by atoms with Crippen LogP contribution in [0.1, 0.15) is 11.1 Å². The van der Waals surface area contributed by atoms with Gasteiger partial charge in [0, 0.05) is 37.4 Å². The molecule has 0 saturated carbocycles. The third-order valence-electron chi connectivity index (χ3n) is 4.01. The van der Waals surface area contributed by atoms with Crippen LogP contribution in [0.4, 0.5) is 18.9 Å². The van der Waals surface area contributed by atoms with Crippen LogP contribution in [0.15, 0.2) is 23.3 Å². The summed E-state index contributed by atoms with van der Waals surface area (Å²) in [4.78, 5) is 14.8. The number of halogens is 3. The van der Waals surface area contributed by atoms with E-state index in [0.29, 0.717) is 26.2 Å². The smallest absolute Gasteiger partial charge is 0.418 e. The van der Waals surface area contributed by atoms with Gasteiger partial charge in [0.1, 0.15) is 0 Å². The van der Waals surface area contributed by atoms with Crippen LogP contribution in [0.25, 0.3) is 0 Å². The van der Waals surface area contributed by atoms with E-state index in [1.807, 2.05) is 7.05 Å². The number of piperazine rings is 1. The monoisotopic (exact) mass is 342 g/mol. The first-order valence-corrected chi connectivity index (χ1v) is 7.49. The molecule has 1 aromatic carbocycles. The van der Waals surface area contributed by atoms with Crippen LogP contribution in [0.2, 0.25) is 0 Å². The first kappa shape index (κ1) is 16.6. The van der Waals surface area contributed by atoms with Crippen LogP contribution < -0.4 is 10.3 Å². The second-order valence-corrected chi connectivity index (χ2v) is 5.76. The van der Waals surface area contributed by atoms with Gasteiger partial charge in [0.15, 0.2) is 6.61 Å². The zero-order chi connectivity index (χ0) is 17.3. The van der Waals surface area contributed by atoms with Crippen molar-refractivity contribution in [1.82, 2.24) is 10.3 Å². The van der Waals surface area contributed by atoms with Gasteiger partial charge in [-0.25, -0.2) is 5.43 Å². The molecule has 1 saturated heterocycles. The molecule has 0 aliphatic carbocycles. The molecule has 0 unspecified atom stereocenters. The van der Waals surface area contributed by atoms with Crippen molar-refractivity contribution in [2.24, 2.45) is 5.10 Å². The van der Waals surface area contributed by atoms with Gasteiger partial charge in [-0.3, -0.25) is 4.79 Å². The molecule has 0 radical (unpaired) electrons. The highest BCUT2D eigenvalue weighted by molar-refractivity contribution is 5.98. The lowest BCUT2D eigenvalue weighted by Crippen LogP contribution is -2.45. The summed E-state index contributed by atoms with van der Waals surface area (Å²) in [7, 11) is 1.94. The van der Waals surface area contributed by atoms with Crippen molar-refractivity contribution >= 4 is 17.5 Å². The SMILES string of the molecule is CN1CCN(c2ccc(C3=NNC(=O)CO3)cc2C(F)(F)F)CC1. The standard InChI is InChI=1S/C15H17F3N4O2/c1-21-4-6-22(7-5-21)12-3-2-10(8-11(12)15(16,17)18)14-20-19-13(23)9-24-14/h2-3,8H,4-7,9H2,1H3,(H,19,23). The number of carbonyl (C=O) groups is 1. The Labute approximate surface area is 136 Å². The first-order chi connectivity index (χ1) is 11.3. The van der Waals surface area contributed by atoms with Crippen molar-refractivity contribution in [3.8, 4) is 0 Å². The molecule has 2 aliphatic heterocycles. The number of ether oxygens (including phenoxy) is 1. The second-order valence-electron chi connectivity index (χ2n) is 5.76. The summed E-state index contributed by atoms with van der Waals surface area (Å²) < 4.78 is 45.6. The maximum Gasteiger partial charge on any atom is 0.418 e. The summed E-state index contributed by atoms with van der Waals surface area (Å²) in [5, 5.41) is 3.66. The lowest BCUT2D eigenvalue weighted by Gasteiger charge is -2.35. The zero-order valence-electron chi connectivity index (χ0n) is 13.1. The number of nitrogens with zero attached hydrogens (tertiary/aromatic N) is 3. The Morgan fingerprint density at radius 3 is 2.50 bits per heavy atom. The number of amides is 1. The number of hydrogen-bond donors (Lipinski definition) is 1. The molecule has 2 aliphatic rings. The van der Waals surface area contributed by atoms with E-state index < -0.39 is 17.6 Å². The van der Waals surface area contributed by atoms with Crippen molar-refractivity contribution in [1.29, 1.82) is 0 Å². The summed E-state index contributed by atoms with van der Waals surface area (Å²) in [6.07, 6.45) is -4.49. The summed E-state index contributed by atoms with van der Waals surface area (Å²) in [5.41, 5.74) is 1.80. The molecule has 3 rings (SSSR count). The van der Waals surface area contributed by atoms with Crippen LogP contribution in [0.5, 0.6) is 0 Å². The van der Waals surface area contributed by atoms with Gasteiger partial charge in [0.2, 0.25) is 5.90 Å². The van der Waals surface area contributed by atoms with Gasteiger partial charge in [0.25, 0.3) is 5.91 Å². The Balaban J connectivity index is 1.94. The van der Waals surface area contributed by atoms with Crippen LogP contribution >= 0.6 is 0 Å². The van der Waals surface area contributed by atoms with Crippen molar-refractivity contribution < 1.29 is 22.7 Å². The van der Waals surface area contributed by atoms with Crippen molar-refractivity contribution in [2.75, 3.05) is 44.7 Å². The van der Waals surface area contributed by atoms with Crippen LogP contribution in [-0.4, -0.2) is 56.5 Å². The molecular formula is C15H17F3N4O2. The molecule has 1 fully saturated rings. The number of likely N-dealkylation sites (N-methyl/N-ethyl adjacent to an activating group) is 1. The molecule has 2 heterocycles. The fourth-order valence-electron chi connectivity index (χ4n) is 2.68. The van der Waals surface area contributed by atoms with Crippen molar-refractivity contribution in [2.45, 2.75) is 6.18 Å². The lowest BCUT2D eigenvalue weighted by molar-refractivity contribution is -0.137. The summed E-state index contributed by atoms with van der Waals surface area (Å²) >= 11 is 0. The van der Waals surface area contributed by atoms with Gasteiger partial charge in [0.05, 0.1) is 5.56 Å². The van der Waals surface area contributed by atoms with Gasteiger partial charge >= 0.3 is 6.18 Å². The van der Waals surface area contributed by atoms with Crippen LogP contribution in [0, 0.1) is 0 Å².